The fourth-order valence-electron chi connectivity index (χ4n) is 2.42. The van der Waals surface area contributed by atoms with E-state index in [0.29, 0.717) is 0 Å². The highest BCUT2D eigenvalue weighted by Crippen LogP contribution is 2.33. The standard InChI is InChI=1S/C17H19BrClNO/c1-4-20-17(14-7-5-12(19)9-11(14)2)15-8-6-13(21-3)10-16(15)18/h5-10,17,20H,4H2,1-3H3. The molecule has 0 spiro atoms. The van der Waals surface area contributed by atoms with Gasteiger partial charge in [-0.3, -0.25) is 0 Å². The van der Waals surface area contributed by atoms with Crippen molar-refractivity contribution in [1.82, 2.24) is 5.32 Å². The molecule has 4 heteroatoms. The molecule has 112 valence electrons. The van der Waals surface area contributed by atoms with Crippen LogP contribution in [-0.4, -0.2) is 13.7 Å². The SMILES string of the molecule is CCNC(c1ccc(Cl)cc1C)c1ccc(OC)cc1Br. The highest BCUT2D eigenvalue weighted by atomic mass is 79.9. The molecular formula is C17H19BrClNO. The van der Waals surface area contributed by atoms with E-state index in [-0.39, 0.29) is 6.04 Å². The van der Waals surface area contributed by atoms with E-state index in [9.17, 15) is 0 Å². The Balaban J connectivity index is 2.48. The summed E-state index contributed by atoms with van der Waals surface area (Å²) in [6, 6.07) is 12.2. The smallest absolute Gasteiger partial charge is 0.120 e. The number of rotatable bonds is 5. The molecule has 0 heterocycles. The number of hydrogen-bond acceptors (Lipinski definition) is 2. The lowest BCUT2D eigenvalue weighted by Gasteiger charge is -2.22. The van der Waals surface area contributed by atoms with Gasteiger partial charge in [0.1, 0.15) is 5.75 Å². The monoisotopic (exact) mass is 367 g/mol. The quantitative estimate of drug-likeness (QED) is 0.791. The summed E-state index contributed by atoms with van der Waals surface area (Å²) in [6.07, 6.45) is 0. The second-order valence-corrected chi connectivity index (χ2v) is 6.17. The number of methoxy groups -OCH3 is 1. The van der Waals surface area contributed by atoms with E-state index >= 15 is 0 Å². The van der Waals surface area contributed by atoms with Crippen molar-refractivity contribution < 1.29 is 4.74 Å². The van der Waals surface area contributed by atoms with Crippen LogP contribution in [0.5, 0.6) is 5.75 Å². The summed E-state index contributed by atoms with van der Waals surface area (Å²) in [6.45, 7) is 5.07. The van der Waals surface area contributed by atoms with E-state index in [1.165, 1.54) is 16.7 Å². The number of benzene rings is 2. The lowest BCUT2D eigenvalue weighted by atomic mass is 9.95. The molecule has 0 saturated carbocycles. The first kappa shape index (κ1) is 16.3. The Labute approximate surface area is 139 Å². The molecule has 0 aliphatic heterocycles. The number of nitrogens with one attached hydrogen (secondary N) is 1. The van der Waals surface area contributed by atoms with Crippen molar-refractivity contribution in [3.05, 3.63) is 62.6 Å². The third-order valence-electron chi connectivity index (χ3n) is 3.47. The average molecular weight is 369 g/mol. The topological polar surface area (TPSA) is 21.3 Å². The minimum Gasteiger partial charge on any atom is -0.497 e. The summed E-state index contributed by atoms with van der Waals surface area (Å²) in [4.78, 5) is 0. The molecule has 2 aromatic carbocycles. The summed E-state index contributed by atoms with van der Waals surface area (Å²) in [5.41, 5.74) is 3.59. The molecule has 0 aliphatic rings. The Morgan fingerprint density at radius 3 is 2.48 bits per heavy atom. The Morgan fingerprint density at radius 1 is 1.19 bits per heavy atom. The fourth-order valence-corrected chi connectivity index (χ4v) is 3.24. The molecule has 0 bridgehead atoms. The molecule has 2 rings (SSSR count). The Kier molecular flexibility index (Phi) is 5.68. The van der Waals surface area contributed by atoms with Gasteiger partial charge in [-0.2, -0.15) is 0 Å². The van der Waals surface area contributed by atoms with Crippen molar-refractivity contribution in [2.45, 2.75) is 19.9 Å². The van der Waals surface area contributed by atoms with Gasteiger partial charge in [-0.1, -0.05) is 46.6 Å². The van der Waals surface area contributed by atoms with Gasteiger partial charge in [-0.15, -0.1) is 0 Å². The van der Waals surface area contributed by atoms with Crippen molar-refractivity contribution in [2.75, 3.05) is 13.7 Å². The van der Waals surface area contributed by atoms with Gasteiger partial charge in [-0.25, -0.2) is 0 Å². The van der Waals surface area contributed by atoms with Gasteiger partial charge in [0.15, 0.2) is 0 Å². The summed E-state index contributed by atoms with van der Waals surface area (Å²) in [7, 11) is 1.67. The van der Waals surface area contributed by atoms with E-state index in [4.69, 9.17) is 16.3 Å². The predicted octanol–water partition coefficient (Wildman–Crippen LogP) is 5.12. The van der Waals surface area contributed by atoms with Gasteiger partial charge in [0.05, 0.1) is 13.2 Å². The molecule has 1 N–H and O–H groups in total. The molecule has 0 radical (unpaired) electrons. The third-order valence-corrected chi connectivity index (χ3v) is 4.39. The van der Waals surface area contributed by atoms with Gasteiger partial charge in [-0.05, 0) is 54.4 Å². The van der Waals surface area contributed by atoms with Crippen LogP contribution in [0, 0.1) is 6.92 Å². The van der Waals surface area contributed by atoms with Crippen LogP contribution in [0.2, 0.25) is 5.02 Å². The zero-order chi connectivity index (χ0) is 15.4. The molecular weight excluding hydrogens is 350 g/mol. The first-order valence-corrected chi connectivity index (χ1v) is 8.06. The highest BCUT2D eigenvalue weighted by Gasteiger charge is 2.18. The van der Waals surface area contributed by atoms with Crippen LogP contribution in [0.25, 0.3) is 0 Å². The van der Waals surface area contributed by atoms with Crippen molar-refractivity contribution in [2.24, 2.45) is 0 Å². The minimum absolute atomic E-state index is 0.118. The lowest BCUT2D eigenvalue weighted by molar-refractivity contribution is 0.414. The Morgan fingerprint density at radius 2 is 1.90 bits per heavy atom. The Bertz CT molecular complexity index is 630. The van der Waals surface area contributed by atoms with Gasteiger partial charge in [0.2, 0.25) is 0 Å². The summed E-state index contributed by atoms with van der Waals surface area (Å²) in [5.74, 6) is 0.841. The molecule has 0 fully saturated rings. The van der Waals surface area contributed by atoms with Gasteiger partial charge in [0, 0.05) is 9.50 Å². The first-order chi connectivity index (χ1) is 10.1. The first-order valence-electron chi connectivity index (χ1n) is 6.89. The van der Waals surface area contributed by atoms with E-state index < -0.39 is 0 Å². The molecule has 2 nitrogen and oxygen atoms in total. The normalized spacial score (nSPS) is 12.2. The highest BCUT2D eigenvalue weighted by molar-refractivity contribution is 9.10. The molecule has 1 atom stereocenters. The second kappa shape index (κ2) is 7.30. The fraction of sp³-hybridized carbons (Fsp3) is 0.294. The van der Waals surface area contributed by atoms with Crippen LogP contribution in [0.4, 0.5) is 0 Å². The number of halogens is 2. The van der Waals surface area contributed by atoms with Gasteiger partial charge in [0.25, 0.3) is 0 Å². The van der Waals surface area contributed by atoms with Gasteiger partial charge < -0.3 is 10.1 Å². The minimum atomic E-state index is 0.118. The molecule has 1 unspecified atom stereocenters. The summed E-state index contributed by atoms with van der Waals surface area (Å²) >= 11 is 9.72. The molecule has 0 saturated heterocycles. The van der Waals surface area contributed by atoms with E-state index in [1.807, 2.05) is 24.3 Å². The maximum Gasteiger partial charge on any atom is 0.120 e. The van der Waals surface area contributed by atoms with Crippen molar-refractivity contribution in [3.63, 3.8) is 0 Å². The number of aryl methyl sites for hydroxylation is 1. The van der Waals surface area contributed by atoms with Crippen LogP contribution in [0.1, 0.15) is 29.7 Å². The van der Waals surface area contributed by atoms with Crippen LogP contribution < -0.4 is 10.1 Å². The molecule has 21 heavy (non-hydrogen) atoms. The Hall–Kier alpha value is -1.03. The third kappa shape index (κ3) is 3.79. The number of hydrogen-bond donors (Lipinski definition) is 1. The second-order valence-electron chi connectivity index (χ2n) is 4.88. The predicted molar refractivity (Wildman–Crippen MR) is 92.4 cm³/mol. The van der Waals surface area contributed by atoms with Crippen LogP contribution in [0.3, 0.4) is 0 Å². The van der Waals surface area contributed by atoms with Crippen LogP contribution in [0.15, 0.2) is 40.9 Å². The van der Waals surface area contributed by atoms with Crippen LogP contribution >= 0.6 is 27.5 Å². The van der Waals surface area contributed by atoms with E-state index in [0.717, 1.165) is 21.8 Å². The van der Waals surface area contributed by atoms with Crippen LogP contribution in [-0.2, 0) is 0 Å². The average Bonchev–Trinajstić information content (AvgIpc) is 2.46. The molecule has 0 amide bonds. The summed E-state index contributed by atoms with van der Waals surface area (Å²) in [5, 5.41) is 4.30. The summed E-state index contributed by atoms with van der Waals surface area (Å²) < 4.78 is 6.30. The van der Waals surface area contributed by atoms with Crippen molar-refractivity contribution in [1.29, 1.82) is 0 Å². The largest absolute Gasteiger partial charge is 0.497 e. The van der Waals surface area contributed by atoms with Crippen molar-refractivity contribution >= 4 is 27.5 Å². The lowest BCUT2D eigenvalue weighted by Crippen LogP contribution is -2.23. The number of ether oxygens (including phenoxy) is 1. The van der Waals surface area contributed by atoms with E-state index in [2.05, 4.69) is 47.2 Å². The van der Waals surface area contributed by atoms with Gasteiger partial charge >= 0.3 is 0 Å². The van der Waals surface area contributed by atoms with E-state index in [1.54, 1.807) is 7.11 Å². The van der Waals surface area contributed by atoms with Crippen molar-refractivity contribution in [3.8, 4) is 5.75 Å². The maximum absolute atomic E-state index is 6.07. The molecule has 0 aliphatic carbocycles. The zero-order valence-corrected chi connectivity index (χ0v) is 14.8. The zero-order valence-electron chi connectivity index (χ0n) is 12.4. The maximum atomic E-state index is 6.07. The molecule has 0 aromatic heterocycles. The molecule has 2 aromatic rings.